The van der Waals surface area contributed by atoms with Crippen LogP contribution in [0.5, 0.6) is 0 Å². The van der Waals surface area contributed by atoms with Gasteiger partial charge < -0.3 is 5.11 Å². The summed E-state index contributed by atoms with van der Waals surface area (Å²) in [6, 6.07) is 17.5. The van der Waals surface area contributed by atoms with E-state index in [-0.39, 0.29) is 5.92 Å². The van der Waals surface area contributed by atoms with E-state index in [1.807, 2.05) is 30.3 Å². The Hall–Kier alpha value is -2.42. The fourth-order valence-electron chi connectivity index (χ4n) is 2.76. The SMILES string of the molecule is CC(C=NC(Cc1ccccc1)C(=O)O)Cc1ccc(C(C)C)cc1. The highest BCUT2D eigenvalue weighted by Crippen LogP contribution is 2.16. The van der Waals surface area contributed by atoms with E-state index in [0.717, 1.165) is 12.0 Å². The van der Waals surface area contributed by atoms with Crippen molar-refractivity contribution in [2.75, 3.05) is 0 Å². The predicted octanol–water partition coefficient (Wildman–Crippen LogP) is 4.76. The highest BCUT2D eigenvalue weighted by molar-refractivity contribution is 5.77. The molecule has 0 aromatic heterocycles. The van der Waals surface area contributed by atoms with Gasteiger partial charge in [-0.1, -0.05) is 75.4 Å². The molecule has 2 unspecified atom stereocenters. The summed E-state index contributed by atoms with van der Waals surface area (Å²) in [5.41, 5.74) is 3.57. The molecule has 0 aliphatic heterocycles. The Morgan fingerprint density at radius 3 is 2.12 bits per heavy atom. The number of carboxylic acids is 1. The molecule has 0 radical (unpaired) electrons. The number of benzene rings is 2. The van der Waals surface area contributed by atoms with Crippen LogP contribution in [-0.4, -0.2) is 23.3 Å². The Bertz CT molecular complexity index is 690. The lowest BCUT2D eigenvalue weighted by atomic mass is 9.97. The van der Waals surface area contributed by atoms with Crippen LogP contribution in [0.2, 0.25) is 0 Å². The quantitative estimate of drug-likeness (QED) is 0.706. The maximum Gasteiger partial charge on any atom is 0.328 e. The third-order valence-electron chi connectivity index (χ3n) is 4.28. The summed E-state index contributed by atoms with van der Waals surface area (Å²) in [6.45, 7) is 6.44. The Labute approximate surface area is 150 Å². The van der Waals surface area contributed by atoms with Gasteiger partial charge in [-0.2, -0.15) is 0 Å². The van der Waals surface area contributed by atoms with Crippen molar-refractivity contribution in [2.24, 2.45) is 10.9 Å². The number of carboxylic acid groups (broad SMARTS) is 1. The Kier molecular flexibility index (Phi) is 6.93. The maximum absolute atomic E-state index is 11.5. The van der Waals surface area contributed by atoms with Crippen LogP contribution in [0.1, 0.15) is 43.4 Å². The first-order chi connectivity index (χ1) is 12.0. The third-order valence-corrected chi connectivity index (χ3v) is 4.28. The van der Waals surface area contributed by atoms with E-state index in [1.54, 1.807) is 6.21 Å². The summed E-state index contributed by atoms with van der Waals surface area (Å²) < 4.78 is 0. The lowest BCUT2D eigenvalue weighted by Gasteiger charge is -2.11. The van der Waals surface area contributed by atoms with Gasteiger partial charge in [0, 0.05) is 12.6 Å². The number of rotatable bonds is 8. The van der Waals surface area contributed by atoms with Crippen molar-refractivity contribution in [1.82, 2.24) is 0 Å². The Balaban J connectivity index is 1.96. The molecule has 2 rings (SSSR count). The molecule has 0 aliphatic carbocycles. The van der Waals surface area contributed by atoms with Gasteiger partial charge in [0.1, 0.15) is 0 Å². The van der Waals surface area contributed by atoms with E-state index in [1.165, 1.54) is 11.1 Å². The summed E-state index contributed by atoms with van der Waals surface area (Å²) >= 11 is 0. The van der Waals surface area contributed by atoms with Gasteiger partial charge in [-0.15, -0.1) is 0 Å². The largest absolute Gasteiger partial charge is 0.480 e. The van der Waals surface area contributed by atoms with Crippen molar-refractivity contribution in [2.45, 2.75) is 45.6 Å². The minimum Gasteiger partial charge on any atom is -0.480 e. The van der Waals surface area contributed by atoms with Crippen LogP contribution in [0.3, 0.4) is 0 Å². The molecule has 25 heavy (non-hydrogen) atoms. The molecule has 3 nitrogen and oxygen atoms in total. The van der Waals surface area contributed by atoms with Crippen molar-refractivity contribution in [3.05, 3.63) is 71.3 Å². The molecular formula is C22H27NO2. The second kappa shape index (κ2) is 9.16. The zero-order chi connectivity index (χ0) is 18.2. The fourth-order valence-corrected chi connectivity index (χ4v) is 2.76. The molecule has 3 heteroatoms. The first-order valence-corrected chi connectivity index (χ1v) is 8.84. The smallest absolute Gasteiger partial charge is 0.328 e. The van der Waals surface area contributed by atoms with Crippen molar-refractivity contribution < 1.29 is 9.90 Å². The van der Waals surface area contributed by atoms with Crippen molar-refractivity contribution in [3.8, 4) is 0 Å². The zero-order valence-corrected chi connectivity index (χ0v) is 15.2. The average molecular weight is 337 g/mol. The fraction of sp³-hybridized carbons (Fsp3) is 0.364. The summed E-state index contributed by atoms with van der Waals surface area (Å²) in [7, 11) is 0. The molecule has 0 saturated heterocycles. The Morgan fingerprint density at radius 2 is 1.56 bits per heavy atom. The van der Waals surface area contributed by atoms with Crippen molar-refractivity contribution in [3.63, 3.8) is 0 Å². The lowest BCUT2D eigenvalue weighted by Crippen LogP contribution is -2.21. The van der Waals surface area contributed by atoms with Gasteiger partial charge in [-0.3, -0.25) is 4.99 Å². The normalized spacial score (nSPS) is 13.9. The molecule has 2 aromatic rings. The minimum absolute atomic E-state index is 0.197. The van der Waals surface area contributed by atoms with Crippen molar-refractivity contribution >= 4 is 12.2 Å². The van der Waals surface area contributed by atoms with Crippen LogP contribution >= 0.6 is 0 Å². The number of aliphatic imine (C=N–C) groups is 1. The van der Waals surface area contributed by atoms with Crippen LogP contribution in [0, 0.1) is 5.92 Å². The van der Waals surface area contributed by atoms with Crippen LogP contribution in [-0.2, 0) is 17.6 Å². The van der Waals surface area contributed by atoms with Gasteiger partial charge in [-0.25, -0.2) is 4.79 Å². The van der Waals surface area contributed by atoms with E-state index in [0.29, 0.717) is 12.3 Å². The molecule has 1 N–H and O–H groups in total. The molecule has 132 valence electrons. The molecule has 0 aliphatic rings. The van der Waals surface area contributed by atoms with Gasteiger partial charge in [-0.05, 0) is 34.9 Å². The molecule has 0 amide bonds. The number of hydrogen-bond donors (Lipinski definition) is 1. The minimum atomic E-state index is -0.881. The van der Waals surface area contributed by atoms with Gasteiger partial charge in [0.25, 0.3) is 0 Å². The molecule has 2 aromatic carbocycles. The number of nitrogens with zero attached hydrogens (tertiary/aromatic N) is 1. The lowest BCUT2D eigenvalue weighted by molar-refractivity contribution is -0.138. The summed E-state index contributed by atoms with van der Waals surface area (Å²) in [5.74, 6) is -0.154. The number of aliphatic carboxylic acids is 1. The summed E-state index contributed by atoms with van der Waals surface area (Å²) in [6.07, 6.45) is 3.07. The van der Waals surface area contributed by atoms with Gasteiger partial charge in [0.2, 0.25) is 0 Å². The topological polar surface area (TPSA) is 49.7 Å². The van der Waals surface area contributed by atoms with Crippen molar-refractivity contribution in [1.29, 1.82) is 0 Å². The van der Waals surface area contributed by atoms with E-state index in [9.17, 15) is 9.90 Å². The molecule has 0 spiro atoms. The van der Waals surface area contributed by atoms with Gasteiger partial charge in [0.15, 0.2) is 6.04 Å². The Morgan fingerprint density at radius 1 is 0.960 bits per heavy atom. The first-order valence-electron chi connectivity index (χ1n) is 8.84. The molecule has 2 atom stereocenters. The third kappa shape index (κ3) is 6.18. The molecule has 0 fully saturated rings. The van der Waals surface area contributed by atoms with E-state index < -0.39 is 12.0 Å². The zero-order valence-electron chi connectivity index (χ0n) is 15.2. The predicted molar refractivity (Wildman–Crippen MR) is 103 cm³/mol. The number of carbonyl (C=O) groups is 1. The second-order valence-corrected chi connectivity index (χ2v) is 6.92. The highest BCUT2D eigenvalue weighted by atomic mass is 16.4. The molecule has 0 bridgehead atoms. The highest BCUT2D eigenvalue weighted by Gasteiger charge is 2.16. The van der Waals surface area contributed by atoms with Gasteiger partial charge in [0.05, 0.1) is 0 Å². The summed E-state index contributed by atoms with van der Waals surface area (Å²) in [4.78, 5) is 15.8. The van der Waals surface area contributed by atoms with Crippen LogP contribution in [0.15, 0.2) is 59.6 Å². The monoisotopic (exact) mass is 337 g/mol. The van der Waals surface area contributed by atoms with E-state index in [2.05, 4.69) is 50.0 Å². The molecular weight excluding hydrogens is 310 g/mol. The van der Waals surface area contributed by atoms with E-state index >= 15 is 0 Å². The molecule has 0 heterocycles. The number of hydrogen-bond acceptors (Lipinski definition) is 2. The second-order valence-electron chi connectivity index (χ2n) is 6.92. The molecule has 0 saturated carbocycles. The maximum atomic E-state index is 11.5. The van der Waals surface area contributed by atoms with Crippen LogP contribution in [0.4, 0.5) is 0 Å². The van der Waals surface area contributed by atoms with E-state index in [4.69, 9.17) is 0 Å². The standard InChI is InChI=1S/C22H27NO2/c1-16(2)20-11-9-19(10-12-20)13-17(3)15-23-21(22(24)25)14-18-7-5-4-6-8-18/h4-12,15-17,21H,13-14H2,1-3H3,(H,24,25). The first kappa shape index (κ1) is 18.9. The average Bonchev–Trinajstić information content (AvgIpc) is 2.59. The summed E-state index contributed by atoms with van der Waals surface area (Å²) in [5, 5.41) is 9.41. The van der Waals surface area contributed by atoms with Crippen LogP contribution in [0.25, 0.3) is 0 Å². The van der Waals surface area contributed by atoms with Gasteiger partial charge >= 0.3 is 5.97 Å². The van der Waals surface area contributed by atoms with Crippen LogP contribution < -0.4 is 0 Å².